The monoisotopic (exact) mass is 1120 g/mol. The molecule has 0 saturated carbocycles. The summed E-state index contributed by atoms with van der Waals surface area (Å²) in [5.74, 6) is -0.887. The molecule has 0 aromatic heterocycles. The van der Waals surface area contributed by atoms with E-state index in [-0.39, 0.29) is 31.1 Å². The zero-order chi connectivity index (χ0) is 57.8. The van der Waals surface area contributed by atoms with Gasteiger partial charge in [-0.2, -0.15) is 0 Å². The molecule has 0 bridgehead atoms. The van der Waals surface area contributed by atoms with Crippen LogP contribution in [0.1, 0.15) is 374 Å². The second-order valence-electron chi connectivity index (χ2n) is 23.8. The molecule has 6 heteroatoms. The highest BCUT2D eigenvalue weighted by atomic mass is 16.6. The van der Waals surface area contributed by atoms with Crippen molar-refractivity contribution in [3.8, 4) is 0 Å². The summed E-state index contributed by atoms with van der Waals surface area (Å²) in [6.45, 7) is 6.50. The van der Waals surface area contributed by atoms with Gasteiger partial charge in [0.25, 0.3) is 0 Å². The van der Waals surface area contributed by atoms with E-state index >= 15 is 0 Å². The number of carbonyl (C=O) groups excluding carboxylic acids is 3. The molecule has 0 heterocycles. The molecule has 0 amide bonds. The van der Waals surface area contributed by atoms with Crippen LogP contribution in [0.5, 0.6) is 0 Å². The molecule has 0 rings (SSSR count). The first kappa shape index (κ1) is 77.1. The summed E-state index contributed by atoms with van der Waals surface area (Å²) in [6, 6.07) is 0. The Balaban J connectivity index is 4.07. The molecule has 1 atom stereocenters. The molecule has 0 aliphatic carbocycles. The van der Waals surface area contributed by atoms with E-state index in [2.05, 4.69) is 81.5 Å². The second kappa shape index (κ2) is 68.6. The molecule has 0 spiro atoms. The van der Waals surface area contributed by atoms with Gasteiger partial charge in [0, 0.05) is 19.3 Å². The molecule has 466 valence electrons. The van der Waals surface area contributed by atoms with Crippen LogP contribution in [0.2, 0.25) is 0 Å². The predicted molar refractivity (Wildman–Crippen MR) is 348 cm³/mol. The fraction of sp³-hybridized carbons (Fsp3) is 0.824. The summed E-state index contributed by atoms with van der Waals surface area (Å²) < 4.78 is 16.9. The molecule has 0 aliphatic heterocycles. The molecule has 0 aromatic carbocycles. The number of ether oxygens (including phenoxy) is 3. The molecule has 80 heavy (non-hydrogen) atoms. The quantitative estimate of drug-likeness (QED) is 0.0261. The smallest absolute Gasteiger partial charge is 0.306 e. The van der Waals surface area contributed by atoms with E-state index in [4.69, 9.17) is 14.2 Å². The SMILES string of the molecule is CC/C=C\C/C=C\C/C=C\C/C=C\CCCCCCCCC(=O)OC(COC(=O)CCCCCCC/C=C\CCC)COC(=O)CCCCCCCCCCCCCCCCCCCCCCCCCCCCCCCCCCC. The van der Waals surface area contributed by atoms with E-state index in [9.17, 15) is 14.4 Å². The van der Waals surface area contributed by atoms with Crippen molar-refractivity contribution in [1.29, 1.82) is 0 Å². The van der Waals surface area contributed by atoms with E-state index in [1.807, 2.05) is 0 Å². The van der Waals surface area contributed by atoms with Crippen LogP contribution in [0.15, 0.2) is 60.8 Å². The molecule has 0 aromatic rings. The van der Waals surface area contributed by atoms with Gasteiger partial charge in [-0.1, -0.05) is 338 Å². The van der Waals surface area contributed by atoms with Gasteiger partial charge in [-0.25, -0.2) is 0 Å². The van der Waals surface area contributed by atoms with Gasteiger partial charge >= 0.3 is 17.9 Å². The second-order valence-corrected chi connectivity index (χ2v) is 23.8. The van der Waals surface area contributed by atoms with Crippen molar-refractivity contribution in [2.24, 2.45) is 0 Å². The van der Waals surface area contributed by atoms with Crippen molar-refractivity contribution < 1.29 is 28.6 Å². The summed E-state index contributed by atoms with van der Waals surface area (Å²) >= 11 is 0. The maximum absolute atomic E-state index is 12.9. The van der Waals surface area contributed by atoms with Gasteiger partial charge in [0.05, 0.1) is 0 Å². The molecule has 0 saturated heterocycles. The van der Waals surface area contributed by atoms with E-state index in [0.717, 1.165) is 109 Å². The first-order valence-electron chi connectivity index (χ1n) is 35.3. The summed E-state index contributed by atoms with van der Waals surface area (Å²) in [7, 11) is 0. The standard InChI is InChI=1S/C74H134O6/c1-4-7-10-13-16-19-22-24-26-28-30-31-32-33-34-35-36-37-38-39-40-41-42-43-45-46-48-50-52-55-58-61-64-67-73(76)79-70-71(69-78-72(75)66-63-60-57-54-21-18-15-12-9-6-3)80-74(77)68-65-62-59-56-53-51-49-47-44-29-27-25-23-20-17-14-11-8-5-2/h8,11-12,15,17,20,25,27,44,47,71H,4-7,9-10,13-14,16,18-19,21-24,26,28-43,45-46,48-70H2,1-3H3/b11-8-,15-12-,20-17-,27-25-,47-44-. The molecule has 0 aliphatic rings. The Labute approximate surface area is 498 Å². The van der Waals surface area contributed by atoms with Gasteiger partial charge in [0.1, 0.15) is 13.2 Å². The fourth-order valence-electron chi connectivity index (χ4n) is 10.5. The highest BCUT2D eigenvalue weighted by Crippen LogP contribution is 2.19. The largest absolute Gasteiger partial charge is 0.462 e. The Bertz CT molecular complexity index is 1430. The number of rotatable bonds is 65. The lowest BCUT2D eigenvalue weighted by Gasteiger charge is -2.18. The van der Waals surface area contributed by atoms with Gasteiger partial charge in [0.15, 0.2) is 6.10 Å². The number of hydrogen-bond donors (Lipinski definition) is 0. The Kier molecular flexibility index (Phi) is 66.1. The van der Waals surface area contributed by atoms with Crippen LogP contribution in [-0.2, 0) is 28.6 Å². The summed E-state index contributed by atoms with van der Waals surface area (Å²) in [4.78, 5) is 38.3. The molecular formula is C74H134O6. The average Bonchev–Trinajstić information content (AvgIpc) is 3.46. The average molecular weight is 1120 g/mol. The van der Waals surface area contributed by atoms with Crippen LogP contribution >= 0.6 is 0 Å². The lowest BCUT2D eigenvalue weighted by molar-refractivity contribution is -0.167. The third-order valence-corrected chi connectivity index (χ3v) is 15.7. The summed E-state index contributed by atoms with van der Waals surface area (Å²) in [5, 5.41) is 0. The lowest BCUT2D eigenvalue weighted by atomic mass is 10.0. The Morgan fingerprint density at radius 3 is 0.825 bits per heavy atom. The summed E-state index contributed by atoms with van der Waals surface area (Å²) in [5.41, 5.74) is 0. The molecular weight excluding hydrogens is 985 g/mol. The van der Waals surface area contributed by atoms with E-state index < -0.39 is 6.10 Å². The van der Waals surface area contributed by atoms with E-state index in [1.165, 1.54) is 225 Å². The van der Waals surface area contributed by atoms with Crippen molar-refractivity contribution in [3.63, 3.8) is 0 Å². The molecule has 0 fully saturated rings. The van der Waals surface area contributed by atoms with Gasteiger partial charge in [0.2, 0.25) is 0 Å². The summed E-state index contributed by atoms with van der Waals surface area (Å²) in [6.07, 6.45) is 88.6. The Morgan fingerprint density at radius 1 is 0.263 bits per heavy atom. The molecule has 0 N–H and O–H groups in total. The number of esters is 3. The minimum atomic E-state index is -0.785. The third-order valence-electron chi connectivity index (χ3n) is 15.7. The lowest BCUT2D eigenvalue weighted by Crippen LogP contribution is -2.30. The first-order valence-corrected chi connectivity index (χ1v) is 35.3. The zero-order valence-electron chi connectivity index (χ0n) is 53.6. The van der Waals surface area contributed by atoms with Gasteiger partial charge < -0.3 is 14.2 Å². The van der Waals surface area contributed by atoms with Crippen molar-refractivity contribution in [2.75, 3.05) is 13.2 Å². The van der Waals surface area contributed by atoms with E-state index in [1.54, 1.807) is 0 Å². The number of allylic oxidation sites excluding steroid dienone is 10. The van der Waals surface area contributed by atoms with E-state index in [0.29, 0.717) is 19.3 Å². The minimum Gasteiger partial charge on any atom is -0.462 e. The molecule has 1 unspecified atom stereocenters. The zero-order valence-corrected chi connectivity index (χ0v) is 53.6. The van der Waals surface area contributed by atoms with Crippen molar-refractivity contribution in [1.82, 2.24) is 0 Å². The third kappa shape index (κ3) is 65.9. The predicted octanol–water partition coefficient (Wildman–Crippen LogP) is 24.3. The van der Waals surface area contributed by atoms with Crippen molar-refractivity contribution in [3.05, 3.63) is 60.8 Å². The maximum atomic E-state index is 12.9. The molecule has 0 radical (unpaired) electrons. The topological polar surface area (TPSA) is 78.9 Å². The molecule has 6 nitrogen and oxygen atoms in total. The number of unbranched alkanes of at least 4 members (excludes halogenated alkanes) is 44. The van der Waals surface area contributed by atoms with Gasteiger partial charge in [-0.3, -0.25) is 14.4 Å². The Hall–Kier alpha value is -2.89. The van der Waals surface area contributed by atoms with Crippen LogP contribution < -0.4 is 0 Å². The maximum Gasteiger partial charge on any atom is 0.306 e. The number of carbonyl (C=O) groups is 3. The van der Waals surface area contributed by atoms with Crippen molar-refractivity contribution in [2.45, 2.75) is 380 Å². The first-order chi connectivity index (χ1) is 39.5. The fourth-order valence-corrected chi connectivity index (χ4v) is 10.5. The van der Waals surface area contributed by atoms with Crippen LogP contribution in [-0.4, -0.2) is 37.2 Å². The van der Waals surface area contributed by atoms with Crippen LogP contribution in [0.4, 0.5) is 0 Å². The number of hydrogen-bond acceptors (Lipinski definition) is 6. The van der Waals surface area contributed by atoms with Crippen LogP contribution in [0, 0.1) is 0 Å². The van der Waals surface area contributed by atoms with Crippen LogP contribution in [0.3, 0.4) is 0 Å². The normalized spacial score (nSPS) is 12.4. The minimum absolute atomic E-state index is 0.0799. The highest BCUT2D eigenvalue weighted by Gasteiger charge is 2.19. The van der Waals surface area contributed by atoms with Gasteiger partial charge in [-0.15, -0.1) is 0 Å². The van der Waals surface area contributed by atoms with Crippen LogP contribution in [0.25, 0.3) is 0 Å². The van der Waals surface area contributed by atoms with Gasteiger partial charge in [-0.05, 0) is 77.0 Å². The Morgan fingerprint density at radius 2 is 0.512 bits per heavy atom. The highest BCUT2D eigenvalue weighted by molar-refractivity contribution is 5.71. The van der Waals surface area contributed by atoms with Crippen molar-refractivity contribution >= 4 is 17.9 Å².